The van der Waals surface area contributed by atoms with Gasteiger partial charge in [-0.05, 0) is 245 Å². The Morgan fingerprint density at radius 1 is 0.491 bits per heavy atom. The van der Waals surface area contributed by atoms with E-state index in [0.717, 1.165) is 115 Å². The van der Waals surface area contributed by atoms with Gasteiger partial charge in [0, 0.05) is 76.4 Å². The molecule has 3 spiro atoms. The molecular formula is C90H125Br2FN14O8Sn. The van der Waals surface area contributed by atoms with Crippen molar-refractivity contribution in [2.75, 3.05) is 100 Å². The Kier molecular flexibility index (Phi) is 31.7. The molecule has 8 aromatic rings. The SMILES string of the molecule is CC(C)(N)CO.CCC[CH2][Sn]([CH2]CCC)([CH2]CCC)[c]1ncco1.Cc1ccc(NC(=O)c2ccc(F)nc2N2CCC3(CC2)CC3)cc1Br.Cc1ccc(NC(=O)c2ccc(NC(C)(C)CO)nc2N2CCC3(CC2)CC3)cc1-c1ncco1.Cc1ccc(NC(=O)c2ccc(NC(C)(C)CO)nc2N2CCC3(CC2)CC3)cc1Br. The van der Waals surface area contributed by atoms with E-state index in [-0.39, 0.29) is 37.5 Å². The number of hydrogen-bond donors (Lipinski definition) is 9. The molecule has 8 heterocycles. The molecule has 6 fully saturated rings. The van der Waals surface area contributed by atoms with Crippen molar-refractivity contribution in [3.05, 3.63) is 164 Å². The summed E-state index contributed by atoms with van der Waals surface area (Å²) in [4.78, 5) is 68.5. The third-order valence-corrected chi connectivity index (χ3v) is 39.9. The average molecular weight is 1830 g/mol. The topological polar surface area (TPSA) is 299 Å². The van der Waals surface area contributed by atoms with Crippen molar-refractivity contribution < 1.29 is 42.9 Å². The summed E-state index contributed by atoms with van der Waals surface area (Å²) in [7, 11) is 0. The van der Waals surface area contributed by atoms with Gasteiger partial charge in [0.1, 0.15) is 35.4 Å². The quantitative estimate of drug-likeness (QED) is 0.0171. The van der Waals surface area contributed by atoms with Crippen LogP contribution in [-0.2, 0) is 0 Å². The fourth-order valence-electron chi connectivity index (χ4n) is 15.0. The number of aliphatic hydroxyl groups is 3. The number of nitrogens with zero attached hydrogens (tertiary/aromatic N) is 8. The molecule has 26 heteroatoms. The van der Waals surface area contributed by atoms with Gasteiger partial charge in [-0.15, -0.1) is 0 Å². The van der Waals surface area contributed by atoms with Gasteiger partial charge in [-0.3, -0.25) is 14.4 Å². The molecule has 10 N–H and O–H groups in total. The summed E-state index contributed by atoms with van der Waals surface area (Å²) in [6, 6.07) is 27.2. The number of aliphatic hydroxyl groups excluding tert-OH is 3. The van der Waals surface area contributed by atoms with E-state index in [1.165, 1.54) is 113 Å². The molecule has 628 valence electrons. The van der Waals surface area contributed by atoms with Crippen LogP contribution in [0.3, 0.4) is 0 Å². The van der Waals surface area contributed by atoms with Gasteiger partial charge in [-0.2, -0.15) is 4.39 Å². The maximum Gasteiger partial charge on any atom is 0.259 e. The van der Waals surface area contributed by atoms with E-state index in [2.05, 4.69) is 104 Å². The van der Waals surface area contributed by atoms with Crippen LogP contribution in [0.15, 0.2) is 134 Å². The van der Waals surface area contributed by atoms with Crippen LogP contribution in [0.2, 0.25) is 13.3 Å². The van der Waals surface area contributed by atoms with E-state index < -0.39 is 40.9 Å². The zero-order chi connectivity index (χ0) is 83.6. The molecule has 14 rings (SSSR count). The average Bonchev–Trinajstić information content (AvgIpc) is 1.63. The van der Waals surface area contributed by atoms with E-state index in [0.29, 0.717) is 79.3 Å². The first-order valence-electron chi connectivity index (χ1n) is 41.8. The summed E-state index contributed by atoms with van der Waals surface area (Å²) in [6.07, 6.45) is 29.4. The Labute approximate surface area is 707 Å². The van der Waals surface area contributed by atoms with Gasteiger partial charge in [-0.25, -0.2) is 19.9 Å². The number of rotatable bonds is 27. The number of unbranched alkanes of at least 4 members (excludes halogenated alkanes) is 3. The third-order valence-electron chi connectivity index (χ3n) is 23.6. The molecule has 3 saturated heterocycles. The molecule has 6 aliphatic rings. The van der Waals surface area contributed by atoms with Gasteiger partial charge >= 0.3 is 117 Å². The second-order valence-corrected chi connectivity index (χ2v) is 49.7. The van der Waals surface area contributed by atoms with Crippen molar-refractivity contribution in [3.8, 4) is 11.5 Å². The number of benzene rings is 3. The summed E-state index contributed by atoms with van der Waals surface area (Å²) >= 11 is 4.69. The molecule has 0 unspecified atom stereocenters. The predicted octanol–water partition coefficient (Wildman–Crippen LogP) is 19.2. The predicted molar refractivity (Wildman–Crippen MR) is 476 cm³/mol. The molecule has 3 aromatic carbocycles. The number of aromatic nitrogens is 5. The summed E-state index contributed by atoms with van der Waals surface area (Å²) in [5.41, 5.74) is 13.1. The Bertz CT molecular complexity index is 4520. The molecular weight excluding hydrogens is 1700 g/mol. The molecule has 3 aliphatic heterocycles. The van der Waals surface area contributed by atoms with Crippen LogP contribution >= 0.6 is 31.9 Å². The standard InChI is InChI=1S/C27H33N5O3.C24H31BrN4O2.C20H21BrFN3O.C4H11NO.3C4H9.C3H2NO.Sn/c1-18-4-5-19(16-21(18)25-28-12-15-35-25)29-24(34)20-6-7-22(31-26(2,3)17-33)30-23(20)32-13-10-27(8-9-27)11-14-32;1-16-4-5-17(14-19(16)25)26-22(31)18-6-7-20(28-23(2,3)15-30)27-21(18)29-12-10-24(8-9-24)11-13-29;1-13-2-3-14(12-16(13)21)23-19(26)15-4-5-17(22)24-18(15)25-10-8-20(6-7-20)9-11-25;1-4(2,5)3-6;3*1-3-4-2;1-2-5-3-4-1;/h4-7,12,15-16,33H,8-11,13-14,17H2,1-3H3,(H,29,34)(H,30,31);4-7,14,30H,8-13,15H2,1-3H3,(H,26,31)(H,27,28);2-5,12H,6-11H2,1H3,(H,23,26);6H,3,5H2,1-2H3;3*1,3-4H2,2H3;1-2H;. The number of piperidine rings is 3. The van der Waals surface area contributed by atoms with Crippen molar-refractivity contribution >= 4 is 118 Å². The van der Waals surface area contributed by atoms with Gasteiger partial charge in [0.15, 0.2) is 0 Å². The molecule has 0 bridgehead atoms. The van der Waals surface area contributed by atoms with Crippen molar-refractivity contribution in [3.63, 3.8) is 0 Å². The number of hydrogen-bond acceptors (Lipinski definition) is 19. The second kappa shape index (κ2) is 40.5. The summed E-state index contributed by atoms with van der Waals surface area (Å²) in [5, 5.41) is 43.1. The number of nitrogens with two attached hydrogens (primary N) is 1. The maximum absolute atomic E-state index is 13.8. The van der Waals surface area contributed by atoms with Crippen LogP contribution in [0, 0.1) is 43.0 Å². The number of oxazole rings is 2. The third kappa shape index (κ3) is 25.5. The maximum atomic E-state index is 13.8. The molecule has 0 atom stereocenters. The van der Waals surface area contributed by atoms with E-state index >= 15 is 0 Å². The van der Waals surface area contributed by atoms with Gasteiger partial charge in [-0.1, -0.05) is 50.1 Å². The minimum Gasteiger partial charge on any atom is -0.445 e. The largest absolute Gasteiger partial charge is 0.445 e. The van der Waals surface area contributed by atoms with Crippen molar-refractivity contribution in [2.45, 2.75) is 229 Å². The normalized spacial score (nSPS) is 16.3. The Balaban J connectivity index is 0.000000163. The number of carbonyl (C=O) groups excluding carboxylic acids is 3. The van der Waals surface area contributed by atoms with Gasteiger partial charge < -0.3 is 66.8 Å². The van der Waals surface area contributed by atoms with Crippen LogP contribution in [0.1, 0.15) is 226 Å². The monoisotopic (exact) mass is 1830 g/mol. The fraction of sp³-hybridized carbons (Fsp3) is 0.533. The Morgan fingerprint density at radius 3 is 1.17 bits per heavy atom. The smallest absolute Gasteiger partial charge is 0.259 e. The number of aryl methyl sites for hydroxylation is 3. The molecule has 3 saturated carbocycles. The second-order valence-electron chi connectivity index (χ2n) is 35.2. The number of nitrogens with one attached hydrogen (secondary N) is 5. The van der Waals surface area contributed by atoms with Crippen LogP contribution in [0.25, 0.3) is 11.5 Å². The first kappa shape index (κ1) is 90.8. The first-order valence-corrected chi connectivity index (χ1v) is 50.8. The summed E-state index contributed by atoms with van der Waals surface area (Å²) in [6.45, 7) is 29.3. The number of amides is 3. The molecule has 3 aliphatic carbocycles. The molecule has 3 amide bonds. The molecule has 5 aromatic heterocycles. The number of anilines is 8. The molecule has 22 nitrogen and oxygen atoms in total. The Morgan fingerprint density at radius 2 is 0.845 bits per heavy atom. The van der Waals surface area contributed by atoms with Gasteiger partial charge in [0.05, 0.1) is 53.8 Å². The zero-order valence-corrected chi connectivity index (χ0v) is 76.4. The molecule has 116 heavy (non-hydrogen) atoms. The zero-order valence-electron chi connectivity index (χ0n) is 70.4. The minimum atomic E-state index is -2.31. The van der Waals surface area contributed by atoms with Crippen molar-refractivity contribution in [1.29, 1.82) is 0 Å². The first-order chi connectivity index (χ1) is 55.3. The van der Waals surface area contributed by atoms with Crippen LogP contribution in [0.5, 0.6) is 0 Å². The minimum absolute atomic E-state index is 0.0131. The van der Waals surface area contributed by atoms with Gasteiger partial charge in [0.2, 0.25) is 11.8 Å². The Hall–Kier alpha value is -7.53. The number of halogens is 3. The summed E-state index contributed by atoms with van der Waals surface area (Å²) in [5.74, 6) is 2.45. The van der Waals surface area contributed by atoms with Crippen LogP contribution < -0.4 is 50.9 Å². The van der Waals surface area contributed by atoms with Crippen LogP contribution in [-0.4, -0.2) is 152 Å². The number of pyridine rings is 3. The molecule has 0 radical (unpaired) electrons. The van der Waals surface area contributed by atoms with Crippen LogP contribution in [0.4, 0.5) is 50.5 Å². The van der Waals surface area contributed by atoms with E-state index in [1.54, 1.807) is 32.4 Å². The van der Waals surface area contributed by atoms with Crippen molar-refractivity contribution in [2.24, 2.45) is 22.0 Å². The fourth-order valence-corrected chi connectivity index (χ4v) is 30.5. The van der Waals surface area contributed by atoms with E-state index in [1.807, 2.05) is 132 Å². The van der Waals surface area contributed by atoms with E-state index in [9.17, 15) is 29.0 Å². The summed E-state index contributed by atoms with van der Waals surface area (Å²) < 4.78 is 32.4. The van der Waals surface area contributed by atoms with E-state index in [4.69, 9.17) is 29.6 Å². The number of carbonyl (C=O) groups is 3. The van der Waals surface area contributed by atoms with Gasteiger partial charge in [0.25, 0.3) is 17.7 Å². The van der Waals surface area contributed by atoms with Crippen molar-refractivity contribution in [1.82, 2.24) is 24.9 Å².